The van der Waals surface area contributed by atoms with Crippen molar-refractivity contribution in [2.24, 2.45) is 0 Å². The summed E-state index contributed by atoms with van der Waals surface area (Å²) in [5.74, 6) is 0. The first kappa shape index (κ1) is 22.1. The van der Waals surface area contributed by atoms with Crippen molar-refractivity contribution in [2.75, 3.05) is 35.4 Å². The van der Waals surface area contributed by atoms with E-state index in [-0.39, 0.29) is 0 Å². The van der Waals surface area contributed by atoms with Crippen LogP contribution in [-0.2, 0) is 13.3 Å². The molecular formula is C17H39NO3Si. The molecule has 0 rings (SSSR count). The van der Waals surface area contributed by atoms with Gasteiger partial charge in [-0.3, -0.25) is 0 Å². The summed E-state index contributed by atoms with van der Waals surface area (Å²) in [4.78, 5) is 2.36. The second-order valence-corrected chi connectivity index (χ2v) is 9.45. The van der Waals surface area contributed by atoms with Gasteiger partial charge >= 0.3 is 8.80 Å². The lowest BCUT2D eigenvalue weighted by atomic mass is 10.0. The highest BCUT2D eigenvalue weighted by atomic mass is 28.4. The lowest BCUT2D eigenvalue weighted by molar-refractivity contribution is 0.121. The molecule has 0 bridgehead atoms. The van der Waals surface area contributed by atoms with Gasteiger partial charge in [-0.05, 0) is 33.4 Å². The van der Waals surface area contributed by atoms with Crippen molar-refractivity contribution in [1.29, 1.82) is 0 Å². The van der Waals surface area contributed by atoms with Gasteiger partial charge in [-0.2, -0.15) is 0 Å². The fourth-order valence-corrected chi connectivity index (χ4v) is 4.68. The van der Waals surface area contributed by atoms with Crippen LogP contribution in [0.4, 0.5) is 0 Å². The summed E-state index contributed by atoms with van der Waals surface area (Å²) < 4.78 is 16.5. The van der Waals surface area contributed by atoms with Crippen LogP contribution >= 0.6 is 0 Å². The van der Waals surface area contributed by atoms with Gasteiger partial charge in [-0.15, -0.1) is 0 Å². The quantitative estimate of drug-likeness (QED) is 0.330. The lowest BCUT2D eigenvalue weighted by Crippen LogP contribution is -2.43. The average molecular weight is 334 g/mol. The molecule has 134 valence electrons. The highest BCUT2D eigenvalue weighted by Gasteiger charge is 2.37. The molecule has 0 aliphatic carbocycles. The van der Waals surface area contributed by atoms with Crippen LogP contribution in [0.15, 0.2) is 0 Å². The minimum Gasteiger partial charge on any atom is -0.377 e. The highest BCUT2D eigenvalue weighted by molar-refractivity contribution is 6.60. The molecule has 0 fully saturated rings. The molecule has 0 spiro atoms. The van der Waals surface area contributed by atoms with E-state index >= 15 is 0 Å². The van der Waals surface area contributed by atoms with Gasteiger partial charge in [0.05, 0.1) is 0 Å². The van der Waals surface area contributed by atoms with E-state index in [1.54, 1.807) is 21.3 Å². The van der Waals surface area contributed by atoms with Gasteiger partial charge in [-0.25, -0.2) is 0 Å². The standard InChI is InChI=1S/C17H39NO3Si/c1-7-8-9-10-11-12-14-17(18(2)3)15-13-16-22(19-4,20-5)21-6/h17H,7-16H2,1-6H3. The Morgan fingerprint density at radius 3 is 1.77 bits per heavy atom. The normalized spacial score (nSPS) is 13.8. The van der Waals surface area contributed by atoms with E-state index in [0.717, 1.165) is 12.5 Å². The van der Waals surface area contributed by atoms with Gasteiger partial charge in [0.25, 0.3) is 0 Å². The Balaban J connectivity index is 3.99. The molecule has 1 atom stereocenters. The number of hydrogen-bond acceptors (Lipinski definition) is 4. The second kappa shape index (κ2) is 13.5. The van der Waals surface area contributed by atoms with Gasteiger partial charge in [0.2, 0.25) is 0 Å². The van der Waals surface area contributed by atoms with Crippen molar-refractivity contribution in [3.05, 3.63) is 0 Å². The van der Waals surface area contributed by atoms with E-state index in [1.165, 1.54) is 51.4 Å². The second-order valence-electron chi connectivity index (χ2n) is 6.36. The Hall–Kier alpha value is 0.0569. The number of hydrogen-bond donors (Lipinski definition) is 0. The molecule has 0 aromatic rings. The van der Waals surface area contributed by atoms with Gasteiger partial charge in [0.1, 0.15) is 0 Å². The van der Waals surface area contributed by atoms with Crippen molar-refractivity contribution in [3.63, 3.8) is 0 Å². The molecular weight excluding hydrogens is 294 g/mol. The molecule has 0 radical (unpaired) electrons. The summed E-state index contributed by atoms with van der Waals surface area (Å²) in [5, 5.41) is 0. The molecule has 0 heterocycles. The molecule has 0 saturated carbocycles. The van der Waals surface area contributed by atoms with Gasteiger partial charge < -0.3 is 18.2 Å². The summed E-state index contributed by atoms with van der Waals surface area (Å²) in [5.41, 5.74) is 0. The summed E-state index contributed by atoms with van der Waals surface area (Å²) in [6.07, 6.45) is 11.8. The smallest absolute Gasteiger partial charge is 0.377 e. The first-order chi connectivity index (χ1) is 10.5. The molecule has 0 amide bonds. The van der Waals surface area contributed by atoms with Crippen molar-refractivity contribution in [1.82, 2.24) is 4.90 Å². The van der Waals surface area contributed by atoms with Crippen LogP contribution in [0.5, 0.6) is 0 Å². The van der Waals surface area contributed by atoms with Crippen LogP contribution in [0.2, 0.25) is 6.04 Å². The van der Waals surface area contributed by atoms with E-state index in [4.69, 9.17) is 13.3 Å². The van der Waals surface area contributed by atoms with Crippen molar-refractivity contribution < 1.29 is 13.3 Å². The third kappa shape index (κ3) is 9.25. The van der Waals surface area contributed by atoms with Gasteiger partial charge in [0, 0.05) is 33.4 Å². The minimum atomic E-state index is -2.39. The SMILES string of the molecule is CCCCCCCCC(CCC[Si](OC)(OC)OC)N(C)C. The van der Waals surface area contributed by atoms with E-state index in [2.05, 4.69) is 25.9 Å². The molecule has 4 nitrogen and oxygen atoms in total. The minimum absolute atomic E-state index is 0.656. The largest absolute Gasteiger partial charge is 0.500 e. The molecule has 5 heteroatoms. The third-order valence-electron chi connectivity index (χ3n) is 4.57. The maximum absolute atomic E-state index is 5.50. The zero-order valence-corrected chi connectivity index (χ0v) is 16.8. The Labute approximate surface area is 139 Å². The predicted molar refractivity (Wildman–Crippen MR) is 96.3 cm³/mol. The number of unbranched alkanes of at least 4 members (excludes halogenated alkanes) is 5. The lowest BCUT2D eigenvalue weighted by Gasteiger charge is -2.27. The van der Waals surface area contributed by atoms with E-state index in [1.807, 2.05) is 0 Å². The molecule has 0 N–H and O–H groups in total. The summed E-state index contributed by atoms with van der Waals surface area (Å²) in [6, 6.07) is 1.56. The maximum Gasteiger partial charge on any atom is 0.500 e. The zero-order valence-electron chi connectivity index (χ0n) is 15.8. The first-order valence-corrected chi connectivity index (χ1v) is 10.8. The van der Waals surface area contributed by atoms with Crippen LogP contribution in [0, 0.1) is 0 Å². The fraction of sp³-hybridized carbons (Fsp3) is 1.00. The van der Waals surface area contributed by atoms with Crippen LogP contribution in [0.1, 0.15) is 64.7 Å². The maximum atomic E-state index is 5.50. The monoisotopic (exact) mass is 333 g/mol. The van der Waals surface area contributed by atoms with Crippen molar-refractivity contribution in [3.8, 4) is 0 Å². The summed E-state index contributed by atoms with van der Waals surface area (Å²) in [6.45, 7) is 2.27. The van der Waals surface area contributed by atoms with Crippen LogP contribution < -0.4 is 0 Å². The molecule has 22 heavy (non-hydrogen) atoms. The zero-order chi connectivity index (χ0) is 16.8. The third-order valence-corrected chi connectivity index (χ3v) is 7.41. The molecule has 1 unspecified atom stereocenters. The predicted octanol–water partition coefficient (Wildman–Crippen LogP) is 4.33. The van der Waals surface area contributed by atoms with E-state index in [9.17, 15) is 0 Å². The topological polar surface area (TPSA) is 30.9 Å². The van der Waals surface area contributed by atoms with Gasteiger partial charge in [0.15, 0.2) is 0 Å². The first-order valence-electron chi connectivity index (χ1n) is 8.87. The average Bonchev–Trinajstić information content (AvgIpc) is 2.53. The number of rotatable bonds is 15. The van der Waals surface area contributed by atoms with Gasteiger partial charge in [-0.1, -0.05) is 45.4 Å². The molecule has 0 aromatic carbocycles. The Morgan fingerprint density at radius 2 is 1.27 bits per heavy atom. The molecule has 0 saturated heterocycles. The van der Waals surface area contributed by atoms with Crippen LogP contribution in [0.25, 0.3) is 0 Å². The molecule has 0 aliphatic rings. The van der Waals surface area contributed by atoms with E-state index in [0.29, 0.717) is 6.04 Å². The van der Waals surface area contributed by atoms with Crippen LogP contribution in [0.3, 0.4) is 0 Å². The molecule has 0 aromatic heterocycles. The number of nitrogens with zero attached hydrogens (tertiary/aromatic N) is 1. The Bertz CT molecular complexity index is 240. The molecule has 0 aliphatic heterocycles. The summed E-state index contributed by atoms with van der Waals surface area (Å²) >= 11 is 0. The van der Waals surface area contributed by atoms with E-state index < -0.39 is 8.80 Å². The summed E-state index contributed by atoms with van der Waals surface area (Å²) in [7, 11) is 7.07. The van der Waals surface area contributed by atoms with Crippen molar-refractivity contribution >= 4 is 8.80 Å². The Kier molecular flexibility index (Phi) is 13.5. The fourth-order valence-electron chi connectivity index (χ4n) is 2.93. The van der Waals surface area contributed by atoms with Crippen molar-refractivity contribution in [2.45, 2.75) is 76.8 Å². The van der Waals surface area contributed by atoms with Crippen LogP contribution in [-0.4, -0.2) is 55.2 Å². The Morgan fingerprint density at radius 1 is 0.773 bits per heavy atom. The highest BCUT2D eigenvalue weighted by Crippen LogP contribution is 2.20.